The first-order valence-electron chi connectivity index (χ1n) is 29.6. The number of hydrogen-bond acceptors (Lipinski definition) is 0. The molecule has 2 unspecified atom stereocenters. The van der Waals surface area contributed by atoms with Crippen LogP contribution >= 0.6 is 0 Å². The molecule has 0 amide bonds. The smallest absolute Gasteiger partial charge is 0.0155 e. The molecular formula is C80H92. The lowest BCUT2D eigenvalue weighted by Crippen LogP contribution is -2.16. The van der Waals surface area contributed by atoms with E-state index in [-0.39, 0.29) is 5.41 Å². The van der Waals surface area contributed by atoms with Crippen molar-refractivity contribution in [3.05, 3.63) is 280 Å². The van der Waals surface area contributed by atoms with Gasteiger partial charge >= 0.3 is 0 Å². The minimum Gasteiger partial charge on any atom is -0.0991 e. The molecule has 0 aliphatic heterocycles. The second-order valence-electron chi connectivity index (χ2n) is 22.6. The van der Waals surface area contributed by atoms with Gasteiger partial charge in [-0.3, -0.25) is 0 Å². The van der Waals surface area contributed by atoms with Crippen LogP contribution in [0.5, 0.6) is 0 Å². The number of aryl methyl sites for hydroxylation is 5. The Morgan fingerprint density at radius 1 is 0.438 bits per heavy atom. The van der Waals surface area contributed by atoms with E-state index in [9.17, 15) is 0 Å². The molecule has 9 aromatic rings. The van der Waals surface area contributed by atoms with Crippen LogP contribution in [0.25, 0.3) is 60.9 Å². The summed E-state index contributed by atoms with van der Waals surface area (Å²) in [7, 11) is 0. The number of fused-ring (bicyclic) bond motifs is 2. The summed E-state index contributed by atoms with van der Waals surface area (Å²) in [5.74, 6) is 1.32. The van der Waals surface area contributed by atoms with Gasteiger partial charge in [-0.15, -0.1) is 0 Å². The molecule has 0 heteroatoms. The maximum absolute atomic E-state index is 3.75. The zero-order valence-corrected chi connectivity index (χ0v) is 51.4. The average Bonchev–Trinajstić information content (AvgIpc) is 3.75. The second kappa shape index (κ2) is 29.6. The van der Waals surface area contributed by atoms with Gasteiger partial charge in [-0.25, -0.2) is 0 Å². The van der Waals surface area contributed by atoms with E-state index in [4.69, 9.17) is 0 Å². The summed E-state index contributed by atoms with van der Waals surface area (Å²) in [6, 6.07) is 70.5. The van der Waals surface area contributed by atoms with Crippen molar-refractivity contribution in [1.29, 1.82) is 0 Å². The maximum Gasteiger partial charge on any atom is 0.0155 e. The summed E-state index contributed by atoms with van der Waals surface area (Å²) in [6.07, 6.45) is 11.1. The van der Waals surface area contributed by atoms with Gasteiger partial charge in [0.05, 0.1) is 0 Å². The van der Waals surface area contributed by atoms with E-state index in [0.717, 1.165) is 0 Å². The molecule has 0 aromatic heterocycles. The molecular weight excluding hydrogens is 961 g/mol. The highest BCUT2D eigenvalue weighted by Gasteiger charge is 2.34. The van der Waals surface area contributed by atoms with Crippen LogP contribution in [-0.4, -0.2) is 0 Å². The molecule has 0 radical (unpaired) electrons. The Labute approximate surface area is 485 Å². The van der Waals surface area contributed by atoms with E-state index in [0.29, 0.717) is 11.8 Å². The summed E-state index contributed by atoms with van der Waals surface area (Å²) < 4.78 is 0. The lowest BCUT2D eigenvalue weighted by Gasteiger charge is -2.23. The molecule has 0 bridgehead atoms. The highest BCUT2D eigenvalue weighted by molar-refractivity contribution is 5.99. The first-order valence-corrected chi connectivity index (χ1v) is 29.6. The Balaban J connectivity index is 0.000000177. The number of hydrogen-bond donors (Lipinski definition) is 0. The Morgan fingerprint density at radius 2 is 0.975 bits per heavy atom. The molecule has 0 saturated heterocycles. The van der Waals surface area contributed by atoms with Crippen LogP contribution in [0.4, 0.5) is 0 Å². The summed E-state index contributed by atoms with van der Waals surface area (Å²) in [5, 5.41) is 2.63. The number of unbranched alkanes of at least 4 members (excludes halogenated alkanes) is 1. The van der Waals surface area contributed by atoms with Gasteiger partial charge in [0.25, 0.3) is 0 Å². The number of allylic oxidation sites excluding steroid dienone is 5. The van der Waals surface area contributed by atoms with Crippen LogP contribution in [0.1, 0.15) is 155 Å². The van der Waals surface area contributed by atoms with Crippen molar-refractivity contribution in [2.24, 2.45) is 0 Å². The molecule has 412 valence electrons. The van der Waals surface area contributed by atoms with Gasteiger partial charge in [-0.05, 0) is 190 Å². The van der Waals surface area contributed by atoms with Crippen molar-refractivity contribution >= 4 is 16.3 Å². The Bertz CT molecular complexity index is 3480. The highest BCUT2D eigenvalue weighted by atomic mass is 14.4. The molecule has 0 nitrogen and oxygen atoms in total. The van der Waals surface area contributed by atoms with Crippen molar-refractivity contribution in [2.75, 3.05) is 0 Å². The lowest BCUT2D eigenvalue weighted by molar-refractivity contribution is 0.653. The van der Waals surface area contributed by atoms with E-state index in [1.807, 2.05) is 12.2 Å². The summed E-state index contributed by atoms with van der Waals surface area (Å²) >= 11 is 0. The highest BCUT2D eigenvalue weighted by Crippen LogP contribution is 2.47. The number of benzene rings is 9. The predicted octanol–water partition coefficient (Wildman–Crippen LogP) is 24.1. The predicted molar refractivity (Wildman–Crippen MR) is 356 cm³/mol. The van der Waals surface area contributed by atoms with Crippen LogP contribution in [0.3, 0.4) is 0 Å². The van der Waals surface area contributed by atoms with Crippen LogP contribution in [0, 0.1) is 41.5 Å². The topological polar surface area (TPSA) is 0 Å². The zero-order chi connectivity index (χ0) is 57.9. The summed E-state index contributed by atoms with van der Waals surface area (Å²) in [5.41, 5.74) is 27.0. The fourth-order valence-electron chi connectivity index (χ4n) is 10.7. The van der Waals surface area contributed by atoms with Crippen LogP contribution in [0.15, 0.2) is 225 Å². The molecule has 1 aliphatic rings. The fraction of sp³-hybridized carbons (Fsp3) is 0.275. The van der Waals surface area contributed by atoms with Crippen LogP contribution in [0.2, 0.25) is 0 Å². The van der Waals surface area contributed by atoms with Crippen molar-refractivity contribution in [3.8, 4) is 44.5 Å². The summed E-state index contributed by atoms with van der Waals surface area (Å²) in [4.78, 5) is 0. The zero-order valence-electron chi connectivity index (χ0n) is 51.4. The quantitative estimate of drug-likeness (QED) is 0.113. The van der Waals surface area contributed by atoms with Crippen molar-refractivity contribution in [3.63, 3.8) is 0 Å². The molecule has 0 fully saturated rings. The molecule has 0 N–H and O–H groups in total. The molecule has 1 aliphatic carbocycles. The third-order valence-corrected chi connectivity index (χ3v) is 16.4. The van der Waals surface area contributed by atoms with Gasteiger partial charge in [0, 0.05) is 5.41 Å². The summed E-state index contributed by atoms with van der Waals surface area (Å²) in [6.45, 7) is 37.0. The SMILES string of the molecule is C=C/C=C\C1=C(C)c2ccc(C)cc2C1(C)C.CCC(C)c1ccc(-c2ccc(C)c(-c3c(C)ccc4ccccc34)c2)cc1.CCC(C)c1ccccc1.CCCC.Cc1ccc(-c2cccc(-c3ccccc3C)c2C)cc1. The standard InChI is InChI=1S/C28H28.C21H20.C17H20.C10H14.C4H10/c1-5-19(2)22-14-16-23(17-15-22)25-13-10-20(3)27(18-25)28-21(4)11-12-24-8-6-7-9-26(24)28;1-15-11-13-18(14-12-15)20-9-6-10-21(17(20)3)19-8-5-4-7-16(19)2;1-6-7-8-15-13(3)14-10-9-12(2)11-16(14)17(15,4)5;1-3-9(2)10-7-5-4-6-8-10;1-3-4-2/h6-19H,5H2,1-4H3;4-14H,1-3H3;6-11H,1H2,2-5H3;4-9H,3H2,1-2H3;3-4H2,1-2H3/b;;8-7-;;. The van der Waals surface area contributed by atoms with Gasteiger partial charge in [-0.1, -0.05) is 292 Å². The third kappa shape index (κ3) is 15.4. The van der Waals surface area contributed by atoms with E-state index < -0.39 is 0 Å². The van der Waals surface area contributed by atoms with Crippen LogP contribution < -0.4 is 0 Å². The average molecular weight is 1050 g/mol. The molecule has 10 rings (SSSR count). The minimum atomic E-state index is 0.102. The Hall–Kier alpha value is -7.54. The Kier molecular flexibility index (Phi) is 22.8. The molecule has 2 atom stereocenters. The second-order valence-corrected chi connectivity index (χ2v) is 22.6. The van der Waals surface area contributed by atoms with E-state index >= 15 is 0 Å². The van der Waals surface area contributed by atoms with Crippen molar-refractivity contribution < 1.29 is 0 Å². The third-order valence-electron chi connectivity index (χ3n) is 16.4. The maximum atomic E-state index is 3.75. The molecule has 80 heavy (non-hydrogen) atoms. The molecule has 0 heterocycles. The van der Waals surface area contributed by atoms with Gasteiger partial charge < -0.3 is 0 Å². The molecule has 0 saturated carbocycles. The molecule has 0 spiro atoms. The van der Waals surface area contributed by atoms with Gasteiger partial charge in [-0.2, -0.15) is 0 Å². The lowest BCUT2D eigenvalue weighted by atomic mass is 9.80. The van der Waals surface area contributed by atoms with E-state index in [2.05, 4.69) is 311 Å². The first kappa shape index (κ1) is 61.7. The largest absolute Gasteiger partial charge is 0.0991 e. The fourth-order valence-corrected chi connectivity index (χ4v) is 10.7. The van der Waals surface area contributed by atoms with E-state index in [1.165, 1.54) is 148 Å². The van der Waals surface area contributed by atoms with Crippen LogP contribution in [-0.2, 0) is 5.41 Å². The first-order chi connectivity index (χ1) is 38.5. The van der Waals surface area contributed by atoms with Gasteiger partial charge in [0.2, 0.25) is 0 Å². The molecule has 9 aromatic carbocycles. The van der Waals surface area contributed by atoms with Crippen molar-refractivity contribution in [1.82, 2.24) is 0 Å². The monoisotopic (exact) mass is 1050 g/mol. The Morgan fingerprint density at radius 3 is 1.61 bits per heavy atom. The van der Waals surface area contributed by atoms with Gasteiger partial charge in [0.1, 0.15) is 0 Å². The van der Waals surface area contributed by atoms with Crippen molar-refractivity contribution in [2.45, 2.75) is 147 Å². The van der Waals surface area contributed by atoms with E-state index in [1.54, 1.807) is 0 Å². The normalized spacial score (nSPS) is 12.8. The number of rotatable bonds is 11. The van der Waals surface area contributed by atoms with Gasteiger partial charge in [0.15, 0.2) is 0 Å². The minimum absolute atomic E-state index is 0.102.